The molecule has 9 aromatic rings. The Kier molecular flexibility index (Phi) is 20.6. The molecule has 1 fully saturated rings. The first-order chi connectivity index (χ1) is 39.8. The van der Waals surface area contributed by atoms with Gasteiger partial charge in [0.2, 0.25) is 36.0 Å². The lowest BCUT2D eigenvalue weighted by molar-refractivity contribution is -0.140. The molecule has 0 spiro atoms. The lowest BCUT2D eigenvalue weighted by Gasteiger charge is -2.36. The third-order valence-electron chi connectivity index (χ3n) is 12.7. The van der Waals surface area contributed by atoms with Crippen molar-refractivity contribution in [1.82, 2.24) is 42.7 Å². The smallest absolute Gasteiger partial charge is 0.321 e. The number of esters is 1. The molecule has 0 atom stereocenters. The predicted octanol–water partition coefficient (Wildman–Crippen LogP) is 5.44. The molecular formula is C55H55ClN10O14S4. The minimum Gasteiger partial charge on any atom is -0.506 e. The van der Waals surface area contributed by atoms with E-state index in [4.69, 9.17) is 15.8 Å². The Labute approximate surface area is 488 Å². The zero-order valence-electron chi connectivity index (χ0n) is 45.3. The van der Waals surface area contributed by atoms with Crippen molar-refractivity contribution in [2.75, 3.05) is 79.0 Å². The molecule has 0 radical (unpaired) electrons. The van der Waals surface area contributed by atoms with Gasteiger partial charge < -0.3 is 24.7 Å². The molecule has 1 amide bonds. The number of amides is 1. The summed E-state index contributed by atoms with van der Waals surface area (Å²) >= 11 is 0. The van der Waals surface area contributed by atoms with Crippen LogP contribution in [0.5, 0.6) is 5.75 Å². The number of carbonyl (C=O) groups is 3. The molecule has 6 heterocycles. The van der Waals surface area contributed by atoms with Crippen molar-refractivity contribution in [3.05, 3.63) is 164 Å². The van der Waals surface area contributed by atoms with Gasteiger partial charge in [-0.05, 0) is 60.7 Å². The molecule has 0 bridgehead atoms. The number of fused-ring (bicyclic) bond motifs is 4. The van der Waals surface area contributed by atoms with E-state index >= 15 is 0 Å². The summed E-state index contributed by atoms with van der Waals surface area (Å²) in [6.45, 7) is 0.896. The van der Waals surface area contributed by atoms with Crippen LogP contribution >= 0.6 is 10.7 Å². The Morgan fingerprint density at radius 2 is 0.857 bits per heavy atom. The Hall–Kier alpha value is -8.35. The monoisotopic (exact) mass is 1240 g/mol. The number of aromatic hydroxyl groups is 1. The van der Waals surface area contributed by atoms with Crippen molar-refractivity contribution in [3.63, 3.8) is 0 Å². The quantitative estimate of drug-likeness (QED) is 0.101. The van der Waals surface area contributed by atoms with Crippen LogP contribution in [0.3, 0.4) is 0 Å². The molecule has 1 saturated heterocycles. The van der Waals surface area contributed by atoms with Crippen LogP contribution in [-0.2, 0) is 58.2 Å². The summed E-state index contributed by atoms with van der Waals surface area (Å²) in [7, 11) is -4.83. The molecule has 2 N–H and O–H groups in total. The number of sulfonamides is 3. The highest BCUT2D eigenvalue weighted by Gasteiger charge is 2.30. The zero-order valence-corrected chi connectivity index (χ0v) is 49.3. The van der Waals surface area contributed by atoms with Crippen LogP contribution in [0, 0.1) is 0 Å². The molecule has 4 aromatic carbocycles. The Morgan fingerprint density at radius 1 is 0.500 bits per heavy atom. The number of aliphatic carboxylic acids is 1. The molecule has 10 rings (SSSR count). The maximum absolute atomic E-state index is 13.1. The minimum atomic E-state index is -3.88. The number of likely N-dealkylation sites (N-methyl/N-ethyl adjacent to an activating group) is 3. The summed E-state index contributed by atoms with van der Waals surface area (Å²) in [6.07, 6.45) is 7.50. The van der Waals surface area contributed by atoms with Crippen molar-refractivity contribution in [3.8, 4) is 5.75 Å². The summed E-state index contributed by atoms with van der Waals surface area (Å²) < 4.78 is 105. The van der Waals surface area contributed by atoms with E-state index in [9.17, 15) is 53.2 Å². The summed E-state index contributed by atoms with van der Waals surface area (Å²) in [4.78, 5) is 59.1. The van der Waals surface area contributed by atoms with E-state index in [0.717, 1.165) is 34.9 Å². The third kappa shape index (κ3) is 15.3. The molecule has 1 aliphatic heterocycles. The predicted molar refractivity (Wildman–Crippen MR) is 314 cm³/mol. The number of hydrogen-bond acceptors (Lipinski definition) is 19. The van der Waals surface area contributed by atoms with Crippen molar-refractivity contribution in [2.24, 2.45) is 0 Å². The summed E-state index contributed by atoms with van der Waals surface area (Å²) in [5.74, 6) is -1.25. The molecule has 1 aliphatic rings. The molecule has 0 aliphatic carbocycles. The highest BCUT2D eigenvalue weighted by atomic mass is 35.7. The van der Waals surface area contributed by atoms with Crippen LogP contribution in [0.1, 0.15) is 0 Å². The van der Waals surface area contributed by atoms with Crippen molar-refractivity contribution < 1.29 is 63.0 Å². The number of nitrogens with zero attached hydrogens (tertiary/aromatic N) is 10. The number of ether oxygens (including phenoxy) is 1. The molecular weight excluding hydrogens is 1190 g/mol. The Bertz CT molecular complexity index is 4310. The van der Waals surface area contributed by atoms with E-state index in [1.807, 2.05) is 4.90 Å². The van der Waals surface area contributed by atoms with Gasteiger partial charge in [0.25, 0.3) is 9.05 Å². The normalized spacial score (nSPS) is 13.0. The number of aromatic nitrogens is 5. The molecule has 0 saturated carbocycles. The van der Waals surface area contributed by atoms with E-state index < -0.39 is 57.6 Å². The maximum Gasteiger partial charge on any atom is 0.321 e. The number of carbonyl (C=O) groups excluding carboxylic acids is 2. The van der Waals surface area contributed by atoms with Gasteiger partial charge in [0, 0.05) is 104 Å². The number of methoxy groups -OCH3 is 1. The van der Waals surface area contributed by atoms with Crippen molar-refractivity contribution >= 4 is 117 Å². The second kappa shape index (κ2) is 27.4. The second-order valence-electron chi connectivity index (χ2n) is 18.3. The van der Waals surface area contributed by atoms with Crippen LogP contribution < -0.4 is 4.90 Å². The van der Waals surface area contributed by atoms with E-state index in [-0.39, 0.29) is 44.3 Å². The van der Waals surface area contributed by atoms with E-state index in [1.165, 1.54) is 77.3 Å². The van der Waals surface area contributed by atoms with Gasteiger partial charge in [0.1, 0.15) is 44.2 Å². The number of piperazine rings is 1. The van der Waals surface area contributed by atoms with Gasteiger partial charge in [0.05, 0.1) is 41.9 Å². The SMILES string of the molecule is CN(CC(=O)N1CCN(c2ccc(O)cn2)CC1)S(=O)(=O)c1cccc2cccnc12.CN(CC(=O)O)S(=O)(=O)c1cccc2cccnc12.COC(=O)CN(C)S(=O)(=O)c1cccc2cccnc12.O=S(=O)(Cl)c1cccc2cccnc12. The second-order valence-corrected chi connectivity index (χ2v) is 26.8. The fourth-order valence-corrected chi connectivity index (χ4v) is 13.2. The highest BCUT2D eigenvalue weighted by molar-refractivity contribution is 8.14. The minimum absolute atomic E-state index is 0.00866. The highest BCUT2D eigenvalue weighted by Crippen LogP contribution is 2.27. The van der Waals surface area contributed by atoms with Gasteiger partial charge in [0.15, 0.2) is 0 Å². The first-order valence-electron chi connectivity index (χ1n) is 25.0. The topological polar surface area (TPSA) is 318 Å². The zero-order chi connectivity index (χ0) is 61.0. The number of halogens is 1. The van der Waals surface area contributed by atoms with Crippen molar-refractivity contribution in [1.29, 1.82) is 0 Å². The fourth-order valence-electron chi connectivity index (χ4n) is 8.36. The number of carboxylic acid groups (broad SMARTS) is 1. The van der Waals surface area contributed by atoms with E-state index in [2.05, 4.69) is 29.7 Å². The maximum atomic E-state index is 13.1. The largest absolute Gasteiger partial charge is 0.506 e. The van der Waals surface area contributed by atoms with E-state index in [0.29, 0.717) is 53.6 Å². The number of pyridine rings is 5. The number of carboxylic acids is 1. The van der Waals surface area contributed by atoms with Gasteiger partial charge in [-0.3, -0.25) is 34.3 Å². The Balaban J connectivity index is 0.000000168. The molecule has 440 valence electrons. The van der Waals surface area contributed by atoms with Crippen LogP contribution in [0.15, 0.2) is 184 Å². The average molecular weight is 1240 g/mol. The molecule has 5 aromatic heterocycles. The number of anilines is 1. The number of para-hydroxylation sites is 4. The summed E-state index contributed by atoms with van der Waals surface area (Å²) in [5.41, 5.74) is 1.51. The third-order valence-corrected chi connectivity index (χ3v) is 19.6. The van der Waals surface area contributed by atoms with Gasteiger partial charge >= 0.3 is 11.9 Å². The first-order valence-corrected chi connectivity index (χ1v) is 31.6. The van der Waals surface area contributed by atoms with Gasteiger partial charge in [-0.1, -0.05) is 72.8 Å². The number of benzene rings is 4. The molecule has 0 unspecified atom stereocenters. The van der Waals surface area contributed by atoms with Crippen LogP contribution in [0.2, 0.25) is 0 Å². The van der Waals surface area contributed by atoms with Crippen molar-refractivity contribution in [2.45, 2.75) is 19.6 Å². The Morgan fingerprint density at radius 3 is 1.21 bits per heavy atom. The number of rotatable bonds is 14. The molecule has 24 nitrogen and oxygen atoms in total. The lowest BCUT2D eigenvalue weighted by atomic mass is 10.2. The van der Waals surface area contributed by atoms with Gasteiger partial charge in [-0.25, -0.2) is 38.7 Å². The van der Waals surface area contributed by atoms with Gasteiger partial charge in [-0.2, -0.15) is 12.9 Å². The van der Waals surface area contributed by atoms with Crippen LogP contribution in [0.25, 0.3) is 43.6 Å². The summed E-state index contributed by atoms with van der Waals surface area (Å²) in [6, 6.07) is 36.9. The van der Waals surface area contributed by atoms with Gasteiger partial charge in [-0.15, -0.1) is 0 Å². The fraction of sp³-hybridized carbons (Fsp3) is 0.200. The van der Waals surface area contributed by atoms with E-state index in [1.54, 1.807) is 120 Å². The average Bonchev–Trinajstić information content (AvgIpc) is 2.91. The van der Waals surface area contributed by atoms with Crippen LogP contribution in [-0.4, -0.2) is 179 Å². The molecule has 29 heteroatoms. The molecule has 84 heavy (non-hydrogen) atoms. The lowest BCUT2D eigenvalue weighted by Crippen LogP contribution is -2.51. The first kappa shape index (κ1) is 63.2. The number of hydrogen-bond donors (Lipinski definition) is 2. The standard InChI is InChI=1S/C21H23N5O4S.C13H14N2O4S.C12H12N2O4S.C9H6ClNO2S/c1-24(31(29,30)18-6-2-4-16-5-3-9-22-21(16)18)15-20(28)26-12-10-25(11-13-26)19-8-7-17(27)14-23-19;1-15(9-12(16)19-2)20(17,18)11-7-3-5-10-6-4-8-14-13(10)11;1-14(8-11(15)16)19(17,18)10-6-2-4-9-5-3-7-13-12(9)10;10-14(12,13)8-5-1-3-7-4-2-6-11-9(7)8/h2-9,14,27H,10-13,15H2,1H3;3-8H,9H2,1-2H3;2-7H,8H2,1H3,(H,15,16);1-6H. The van der Waals surface area contributed by atoms with Crippen LogP contribution in [0.4, 0.5) is 5.82 Å². The summed E-state index contributed by atoms with van der Waals surface area (Å²) in [5, 5.41) is 20.9.